The van der Waals surface area contributed by atoms with Crippen molar-refractivity contribution in [2.24, 2.45) is 0 Å². The van der Waals surface area contributed by atoms with Crippen LogP contribution in [-0.2, 0) is 9.47 Å². The van der Waals surface area contributed by atoms with Gasteiger partial charge in [0.2, 0.25) is 0 Å². The van der Waals surface area contributed by atoms with Crippen molar-refractivity contribution in [2.75, 3.05) is 13.2 Å². The van der Waals surface area contributed by atoms with Crippen LogP contribution in [-0.4, -0.2) is 115 Å². The fraction of sp³-hybridized carbons (Fsp3) is 0.481. The van der Waals surface area contributed by atoms with Crippen LogP contribution in [0.15, 0.2) is 36.4 Å². The fourth-order valence-electron chi connectivity index (χ4n) is 4.37. The van der Waals surface area contributed by atoms with Gasteiger partial charge in [-0.2, -0.15) is 0 Å². The van der Waals surface area contributed by atoms with E-state index in [-0.39, 0.29) is 13.0 Å². The summed E-state index contributed by atoms with van der Waals surface area (Å²) >= 11 is 0. The number of benzene rings is 2. The normalized spacial score (nSPS) is 35.8. The monoisotopic (exact) mass is 514 g/mol. The highest BCUT2D eigenvalue weighted by molar-refractivity contribution is 5.85. The summed E-state index contributed by atoms with van der Waals surface area (Å²) < 4.78 is 11.0. The van der Waals surface area contributed by atoms with Gasteiger partial charge in [-0.25, -0.2) is 0 Å². The van der Waals surface area contributed by atoms with Crippen molar-refractivity contribution in [3.05, 3.63) is 47.5 Å². The summed E-state index contributed by atoms with van der Waals surface area (Å²) in [6.07, 6.45) is -12.6. The standard InChI is InChI=1S/C27H30O10/c28-10-9-20-24(32)26(34)22(30)18(36-20)7-3-14-1-5-16-6-2-15(12-17(16)11-14)4-8-19-23(31)27(35)25(33)21(13-29)37-19/h1-2,5-6,11-12,18-35H,9-10,13H2/t18-,19-,20-,21-,22-,23-,24-,25-,26-,27-/m1/s1. The second-order valence-electron chi connectivity index (χ2n) is 9.14. The van der Waals surface area contributed by atoms with E-state index in [1.807, 2.05) is 12.1 Å². The summed E-state index contributed by atoms with van der Waals surface area (Å²) in [6.45, 7) is -0.787. The van der Waals surface area contributed by atoms with Gasteiger partial charge in [0.1, 0.15) is 54.9 Å². The molecule has 10 nitrogen and oxygen atoms in total. The van der Waals surface area contributed by atoms with E-state index >= 15 is 0 Å². The Bertz CT molecular complexity index is 1210. The van der Waals surface area contributed by atoms with Gasteiger partial charge < -0.3 is 50.3 Å². The molecule has 2 heterocycles. The van der Waals surface area contributed by atoms with E-state index in [0.29, 0.717) is 11.1 Å². The van der Waals surface area contributed by atoms with E-state index in [9.17, 15) is 35.7 Å². The lowest BCUT2D eigenvalue weighted by Gasteiger charge is -2.38. The molecule has 0 aromatic heterocycles. The molecule has 0 saturated carbocycles. The molecule has 10 heteroatoms. The second kappa shape index (κ2) is 11.9. The molecule has 2 aromatic rings. The first-order chi connectivity index (χ1) is 17.7. The Morgan fingerprint density at radius 3 is 1.57 bits per heavy atom. The third kappa shape index (κ3) is 5.96. The van der Waals surface area contributed by atoms with E-state index in [4.69, 9.17) is 14.6 Å². The second-order valence-corrected chi connectivity index (χ2v) is 9.14. The smallest absolute Gasteiger partial charge is 0.147 e. The van der Waals surface area contributed by atoms with Crippen LogP contribution < -0.4 is 0 Å². The Labute approximate surface area is 213 Å². The lowest BCUT2D eigenvalue weighted by atomic mass is 9.93. The lowest BCUT2D eigenvalue weighted by molar-refractivity contribution is -0.214. The zero-order valence-electron chi connectivity index (χ0n) is 19.8. The van der Waals surface area contributed by atoms with Gasteiger partial charge in [0.15, 0.2) is 0 Å². The van der Waals surface area contributed by atoms with Crippen LogP contribution in [0.3, 0.4) is 0 Å². The molecule has 198 valence electrons. The third-order valence-electron chi connectivity index (χ3n) is 6.58. The van der Waals surface area contributed by atoms with Gasteiger partial charge >= 0.3 is 0 Å². The Balaban J connectivity index is 1.53. The minimum atomic E-state index is -1.50. The predicted octanol–water partition coefficient (Wildman–Crippen LogP) is -2.38. The predicted molar refractivity (Wildman–Crippen MR) is 130 cm³/mol. The Hall–Kier alpha value is -2.58. The summed E-state index contributed by atoms with van der Waals surface area (Å²) in [4.78, 5) is 0. The lowest BCUT2D eigenvalue weighted by Crippen LogP contribution is -2.58. The van der Waals surface area contributed by atoms with Crippen LogP contribution in [0, 0.1) is 23.7 Å². The highest BCUT2D eigenvalue weighted by Gasteiger charge is 2.43. The summed E-state index contributed by atoms with van der Waals surface area (Å²) in [5, 5.41) is 80.5. The summed E-state index contributed by atoms with van der Waals surface area (Å²) in [6, 6.07) is 10.8. The molecule has 8 N–H and O–H groups in total. The Kier molecular flexibility index (Phi) is 8.80. The van der Waals surface area contributed by atoms with E-state index in [1.54, 1.807) is 24.3 Å². The number of hydrogen-bond acceptors (Lipinski definition) is 10. The van der Waals surface area contributed by atoms with Gasteiger partial charge in [-0.3, -0.25) is 0 Å². The van der Waals surface area contributed by atoms with Gasteiger partial charge in [0.05, 0.1) is 12.7 Å². The van der Waals surface area contributed by atoms with E-state index in [0.717, 1.165) is 10.8 Å². The van der Waals surface area contributed by atoms with Crippen LogP contribution in [0.5, 0.6) is 0 Å². The molecule has 2 aliphatic rings. The number of aliphatic hydroxyl groups excluding tert-OH is 8. The summed E-state index contributed by atoms with van der Waals surface area (Å²) in [5.41, 5.74) is 1.19. The molecule has 0 amide bonds. The van der Waals surface area contributed by atoms with E-state index in [1.165, 1.54) is 0 Å². The molecule has 2 aromatic carbocycles. The minimum absolute atomic E-state index is 0.0893. The molecule has 10 atom stereocenters. The highest BCUT2D eigenvalue weighted by atomic mass is 16.5. The van der Waals surface area contributed by atoms with Crippen molar-refractivity contribution in [3.8, 4) is 23.7 Å². The third-order valence-corrected chi connectivity index (χ3v) is 6.58. The van der Waals surface area contributed by atoms with Crippen LogP contribution in [0.1, 0.15) is 17.5 Å². The van der Waals surface area contributed by atoms with Crippen LogP contribution in [0.2, 0.25) is 0 Å². The SMILES string of the molecule is OCC[C@H]1O[C@H](C#Cc2ccc3ccc(C#C[C@H]4O[C@H](CO)[C@@H](O)[C@H](O)[C@@H]4O)cc3c2)[C@@H](O)[C@@H](O)[C@@H]1O. The topological polar surface area (TPSA) is 180 Å². The van der Waals surface area contributed by atoms with Gasteiger partial charge in [0.25, 0.3) is 0 Å². The van der Waals surface area contributed by atoms with Crippen molar-refractivity contribution in [1.82, 2.24) is 0 Å². The number of rotatable bonds is 3. The summed E-state index contributed by atoms with van der Waals surface area (Å²) in [5.74, 6) is 11.3. The van der Waals surface area contributed by atoms with Gasteiger partial charge in [-0.1, -0.05) is 35.8 Å². The number of aliphatic hydroxyl groups is 8. The van der Waals surface area contributed by atoms with E-state index in [2.05, 4.69) is 23.7 Å². The molecule has 0 spiro atoms. The largest absolute Gasteiger partial charge is 0.396 e. The average Bonchev–Trinajstić information content (AvgIpc) is 2.90. The number of hydrogen-bond donors (Lipinski definition) is 8. The quantitative estimate of drug-likeness (QED) is 0.206. The first-order valence-electron chi connectivity index (χ1n) is 11.9. The molecule has 2 fully saturated rings. The van der Waals surface area contributed by atoms with Crippen molar-refractivity contribution in [1.29, 1.82) is 0 Å². The van der Waals surface area contributed by atoms with Crippen molar-refractivity contribution >= 4 is 10.8 Å². The first-order valence-corrected chi connectivity index (χ1v) is 11.9. The maximum Gasteiger partial charge on any atom is 0.147 e. The number of ether oxygens (including phenoxy) is 2. The highest BCUT2D eigenvalue weighted by Crippen LogP contribution is 2.24. The molecule has 0 bridgehead atoms. The molecule has 2 saturated heterocycles. The fourth-order valence-corrected chi connectivity index (χ4v) is 4.37. The molecule has 0 radical (unpaired) electrons. The van der Waals surface area contributed by atoms with Crippen LogP contribution in [0.25, 0.3) is 10.8 Å². The first kappa shape index (κ1) is 27.5. The van der Waals surface area contributed by atoms with Gasteiger partial charge in [-0.15, -0.1) is 0 Å². The zero-order valence-corrected chi connectivity index (χ0v) is 19.8. The zero-order chi connectivity index (χ0) is 26.7. The van der Waals surface area contributed by atoms with Gasteiger partial charge in [-0.05, 0) is 41.5 Å². The van der Waals surface area contributed by atoms with Gasteiger partial charge in [0, 0.05) is 17.7 Å². The maximum absolute atomic E-state index is 10.2. The Morgan fingerprint density at radius 1 is 0.595 bits per heavy atom. The maximum atomic E-state index is 10.2. The molecule has 2 aliphatic heterocycles. The van der Waals surface area contributed by atoms with Crippen molar-refractivity contribution in [2.45, 2.75) is 67.5 Å². The van der Waals surface area contributed by atoms with Crippen molar-refractivity contribution < 1.29 is 50.3 Å². The number of fused-ring (bicyclic) bond motifs is 1. The molecular formula is C27H30O10. The Morgan fingerprint density at radius 2 is 1.08 bits per heavy atom. The van der Waals surface area contributed by atoms with Crippen molar-refractivity contribution in [3.63, 3.8) is 0 Å². The van der Waals surface area contributed by atoms with Crippen LogP contribution in [0.4, 0.5) is 0 Å². The average molecular weight is 515 g/mol. The molecule has 0 unspecified atom stereocenters. The minimum Gasteiger partial charge on any atom is -0.396 e. The van der Waals surface area contributed by atoms with E-state index < -0.39 is 67.6 Å². The van der Waals surface area contributed by atoms with Crippen LogP contribution >= 0.6 is 0 Å². The molecule has 37 heavy (non-hydrogen) atoms. The molecule has 0 aliphatic carbocycles. The molecular weight excluding hydrogens is 484 g/mol. The molecule has 4 rings (SSSR count). The summed E-state index contributed by atoms with van der Waals surface area (Å²) in [7, 11) is 0.